The van der Waals surface area contributed by atoms with Gasteiger partial charge in [0.05, 0.1) is 6.61 Å². The summed E-state index contributed by atoms with van der Waals surface area (Å²) < 4.78 is 5.16. The van der Waals surface area contributed by atoms with E-state index in [1.807, 2.05) is 31.2 Å². The number of ether oxygens (including phenoxy) is 1. The van der Waals surface area contributed by atoms with E-state index in [1.165, 1.54) is 0 Å². The lowest BCUT2D eigenvalue weighted by Crippen LogP contribution is -2.38. The van der Waals surface area contributed by atoms with Gasteiger partial charge in [0.25, 0.3) is 0 Å². The minimum Gasteiger partial charge on any atom is -0.380 e. The summed E-state index contributed by atoms with van der Waals surface area (Å²) in [5.74, 6) is 0.0355. The minimum absolute atomic E-state index is 0.0355. The van der Waals surface area contributed by atoms with E-state index >= 15 is 0 Å². The van der Waals surface area contributed by atoms with E-state index in [0.29, 0.717) is 6.61 Å². The first-order chi connectivity index (χ1) is 9.69. The maximum Gasteiger partial charge on any atom is 0.242 e. The standard InChI is InChI=1S/C16H26N2O2/c1-4-5-8-11-17-16(19)13(2)18-15-10-7-6-9-14(15)12-20-3/h6-7,9-10,13,18H,4-5,8,11-12H2,1-3H3,(H,17,19). The molecule has 1 aromatic rings. The molecule has 112 valence electrons. The van der Waals surface area contributed by atoms with Crippen molar-refractivity contribution in [3.8, 4) is 0 Å². The number of hydrogen-bond acceptors (Lipinski definition) is 3. The lowest BCUT2D eigenvalue weighted by Gasteiger charge is -2.17. The van der Waals surface area contributed by atoms with Gasteiger partial charge in [-0.2, -0.15) is 0 Å². The fourth-order valence-corrected chi connectivity index (χ4v) is 1.98. The van der Waals surface area contributed by atoms with Crippen LogP contribution in [-0.2, 0) is 16.1 Å². The van der Waals surface area contributed by atoms with Crippen molar-refractivity contribution < 1.29 is 9.53 Å². The molecule has 0 aliphatic heterocycles. The number of carbonyl (C=O) groups is 1. The van der Waals surface area contributed by atoms with Crippen LogP contribution in [0.2, 0.25) is 0 Å². The minimum atomic E-state index is -0.255. The van der Waals surface area contributed by atoms with Crippen molar-refractivity contribution in [3.63, 3.8) is 0 Å². The van der Waals surface area contributed by atoms with Crippen molar-refractivity contribution >= 4 is 11.6 Å². The Morgan fingerprint density at radius 2 is 2.05 bits per heavy atom. The van der Waals surface area contributed by atoms with E-state index in [2.05, 4.69) is 17.6 Å². The molecule has 0 aliphatic rings. The fourth-order valence-electron chi connectivity index (χ4n) is 1.98. The smallest absolute Gasteiger partial charge is 0.242 e. The lowest BCUT2D eigenvalue weighted by molar-refractivity contribution is -0.121. The number of amides is 1. The number of hydrogen-bond donors (Lipinski definition) is 2. The van der Waals surface area contributed by atoms with Crippen molar-refractivity contribution in [2.45, 2.75) is 45.8 Å². The van der Waals surface area contributed by atoms with Gasteiger partial charge in [-0.15, -0.1) is 0 Å². The highest BCUT2D eigenvalue weighted by atomic mass is 16.5. The average molecular weight is 278 g/mol. The Hall–Kier alpha value is -1.55. The molecule has 0 bridgehead atoms. The fraction of sp³-hybridized carbons (Fsp3) is 0.562. The van der Waals surface area contributed by atoms with Crippen molar-refractivity contribution in [2.24, 2.45) is 0 Å². The Balaban J connectivity index is 2.48. The number of para-hydroxylation sites is 1. The molecule has 4 nitrogen and oxygen atoms in total. The zero-order valence-electron chi connectivity index (χ0n) is 12.7. The number of unbranched alkanes of at least 4 members (excludes halogenated alkanes) is 2. The van der Waals surface area contributed by atoms with Gasteiger partial charge in [-0.05, 0) is 19.4 Å². The van der Waals surface area contributed by atoms with Crippen LogP contribution in [-0.4, -0.2) is 25.6 Å². The second-order valence-electron chi connectivity index (χ2n) is 4.95. The zero-order chi connectivity index (χ0) is 14.8. The van der Waals surface area contributed by atoms with Crippen LogP contribution >= 0.6 is 0 Å². The summed E-state index contributed by atoms with van der Waals surface area (Å²) in [5, 5.41) is 6.20. The number of rotatable bonds is 9. The molecule has 0 fully saturated rings. The molecule has 20 heavy (non-hydrogen) atoms. The van der Waals surface area contributed by atoms with Crippen LogP contribution < -0.4 is 10.6 Å². The predicted octanol–water partition coefficient (Wildman–Crippen LogP) is 2.94. The van der Waals surface area contributed by atoms with Crippen LogP contribution in [0.3, 0.4) is 0 Å². The number of anilines is 1. The summed E-state index contributed by atoms with van der Waals surface area (Å²) in [5.41, 5.74) is 2.01. The lowest BCUT2D eigenvalue weighted by atomic mass is 10.1. The van der Waals surface area contributed by atoms with Crippen LogP contribution in [0, 0.1) is 0 Å². The second kappa shape index (κ2) is 9.37. The molecule has 0 heterocycles. The molecule has 1 atom stereocenters. The largest absolute Gasteiger partial charge is 0.380 e. The number of carbonyl (C=O) groups excluding carboxylic acids is 1. The van der Waals surface area contributed by atoms with Crippen molar-refractivity contribution in [1.82, 2.24) is 5.32 Å². The maximum atomic E-state index is 12.0. The molecule has 0 aromatic heterocycles. The predicted molar refractivity (Wildman–Crippen MR) is 82.8 cm³/mol. The van der Waals surface area contributed by atoms with Crippen LogP contribution in [0.15, 0.2) is 24.3 Å². The topological polar surface area (TPSA) is 50.4 Å². The van der Waals surface area contributed by atoms with Gasteiger partial charge < -0.3 is 15.4 Å². The van der Waals surface area contributed by atoms with Crippen molar-refractivity contribution in [3.05, 3.63) is 29.8 Å². The quantitative estimate of drug-likeness (QED) is 0.683. The highest BCUT2D eigenvalue weighted by Crippen LogP contribution is 2.16. The molecule has 0 aliphatic carbocycles. The molecular formula is C16H26N2O2. The van der Waals surface area contributed by atoms with Crippen LogP contribution in [0.25, 0.3) is 0 Å². The number of nitrogens with one attached hydrogen (secondary N) is 2. The van der Waals surface area contributed by atoms with Crippen molar-refractivity contribution in [1.29, 1.82) is 0 Å². The summed E-state index contributed by atoms with van der Waals surface area (Å²) >= 11 is 0. The average Bonchev–Trinajstić information content (AvgIpc) is 2.45. The van der Waals surface area contributed by atoms with Gasteiger partial charge in [-0.3, -0.25) is 4.79 Å². The second-order valence-corrected chi connectivity index (χ2v) is 4.95. The zero-order valence-corrected chi connectivity index (χ0v) is 12.7. The first kappa shape index (κ1) is 16.5. The summed E-state index contributed by atoms with van der Waals surface area (Å²) in [7, 11) is 1.67. The van der Waals surface area contributed by atoms with Crippen LogP contribution in [0.5, 0.6) is 0 Å². The van der Waals surface area contributed by atoms with Gasteiger partial charge in [0.2, 0.25) is 5.91 Å². The molecule has 2 N–H and O–H groups in total. The van der Waals surface area contributed by atoms with E-state index in [0.717, 1.165) is 37.1 Å². The molecule has 1 amide bonds. The van der Waals surface area contributed by atoms with E-state index in [1.54, 1.807) is 7.11 Å². The Bertz CT molecular complexity index is 407. The third kappa shape index (κ3) is 5.61. The van der Waals surface area contributed by atoms with Crippen molar-refractivity contribution in [2.75, 3.05) is 19.0 Å². The van der Waals surface area contributed by atoms with E-state index < -0.39 is 0 Å². The normalized spacial score (nSPS) is 11.9. The van der Waals surface area contributed by atoms with Gasteiger partial charge in [0, 0.05) is 24.9 Å². The molecule has 0 radical (unpaired) electrons. The first-order valence-electron chi connectivity index (χ1n) is 7.30. The summed E-state index contributed by atoms with van der Waals surface area (Å²) in [4.78, 5) is 12.0. The van der Waals surface area contributed by atoms with E-state index in [-0.39, 0.29) is 11.9 Å². The monoisotopic (exact) mass is 278 g/mol. The number of methoxy groups -OCH3 is 1. The summed E-state index contributed by atoms with van der Waals surface area (Å²) in [6, 6.07) is 7.63. The highest BCUT2D eigenvalue weighted by Gasteiger charge is 2.13. The molecule has 0 spiro atoms. The van der Waals surface area contributed by atoms with Gasteiger partial charge in [0.1, 0.15) is 6.04 Å². The Morgan fingerprint density at radius 1 is 1.30 bits per heavy atom. The number of benzene rings is 1. The van der Waals surface area contributed by atoms with Crippen LogP contribution in [0.4, 0.5) is 5.69 Å². The SMILES string of the molecule is CCCCCNC(=O)C(C)Nc1ccccc1COC. The Morgan fingerprint density at radius 3 is 2.75 bits per heavy atom. The van der Waals surface area contributed by atoms with Gasteiger partial charge in [0.15, 0.2) is 0 Å². The first-order valence-corrected chi connectivity index (χ1v) is 7.30. The summed E-state index contributed by atoms with van der Waals surface area (Å²) in [6.45, 7) is 5.31. The molecular weight excluding hydrogens is 252 g/mol. The van der Waals surface area contributed by atoms with Gasteiger partial charge >= 0.3 is 0 Å². The maximum absolute atomic E-state index is 12.0. The Kier molecular flexibility index (Phi) is 7.73. The van der Waals surface area contributed by atoms with Gasteiger partial charge in [-0.1, -0.05) is 38.0 Å². The van der Waals surface area contributed by atoms with Gasteiger partial charge in [-0.25, -0.2) is 0 Å². The van der Waals surface area contributed by atoms with E-state index in [4.69, 9.17) is 4.74 Å². The highest BCUT2D eigenvalue weighted by molar-refractivity contribution is 5.84. The molecule has 1 unspecified atom stereocenters. The molecule has 4 heteroatoms. The van der Waals surface area contributed by atoms with Crippen LogP contribution in [0.1, 0.15) is 38.7 Å². The molecule has 1 rings (SSSR count). The molecule has 0 saturated carbocycles. The summed E-state index contributed by atoms with van der Waals surface area (Å²) in [6.07, 6.45) is 3.35. The van der Waals surface area contributed by atoms with E-state index in [9.17, 15) is 4.79 Å². The third-order valence-corrected chi connectivity index (χ3v) is 3.16. The molecule has 0 saturated heterocycles. The third-order valence-electron chi connectivity index (χ3n) is 3.16. The molecule has 1 aromatic carbocycles. The Labute approximate surface area is 121 Å².